The van der Waals surface area contributed by atoms with Crippen molar-refractivity contribution < 1.29 is 4.74 Å². The molecule has 2 nitrogen and oxygen atoms in total. The van der Waals surface area contributed by atoms with Gasteiger partial charge in [-0.05, 0) is 36.8 Å². The van der Waals surface area contributed by atoms with E-state index in [9.17, 15) is 0 Å². The summed E-state index contributed by atoms with van der Waals surface area (Å²) in [7, 11) is 1.67. The van der Waals surface area contributed by atoms with Crippen LogP contribution in [-0.4, -0.2) is 18.1 Å². The molecule has 0 spiro atoms. The first-order valence-corrected chi connectivity index (χ1v) is 6.85. The molecular weight excluding hydrogens is 242 g/mol. The van der Waals surface area contributed by atoms with E-state index in [0.29, 0.717) is 10.3 Å². The highest BCUT2D eigenvalue weighted by molar-refractivity contribution is 8.00. The van der Waals surface area contributed by atoms with Crippen LogP contribution in [0.2, 0.25) is 5.02 Å². The Bertz CT molecular complexity index is 366. The topological polar surface area (TPSA) is 35.2 Å². The Balaban J connectivity index is 2.26. The monoisotopic (exact) mass is 257 g/mol. The minimum Gasteiger partial charge on any atom is -0.496 e. The van der Waals surface area contributed by atoms with Crippen LogP contribution in [0.5, 0.6) is 5.75 Å². The highest BCUT2D eigenvalue weighted by Gasteiger charge is 2.26. The Morgan fingerprint density at radius 3 is 3.00 bits per heavy atom. The van der Waals surface area contributed by atoms with Gasteiger partial charge in [0.2, 0.25) is 0 Å². The number of hydrogen-bond acceptors (Lipinski definition) is 3. The van der Waals surface area contributed by atoms with Crippen molar-refractivity contribution in [1.82, 2.24) is 0 Å². The first-order chi connectivity index (χ1) is 7.72. The molecule has 0 bridgehead atoms. The zero-order valence-corrected chi connectivity index (χ0v) is 10.9. The van der Waals surface area contributed by atoms with Gasteiger partial charge in [-0.2, -0.15) is 11.8 Å². The largest absolute Gasteiger partial charge is 0.496 e. The summed E-state index contributed by atoms with van der Waals surface area (Å²) >= 11 is 7.95. The van der Waals surface area contributed by atoms with Crippen molar-refractivity contribution in [2.45, 2.75) is 24.1 Å². The second-order valence-corrected chi connectivity index (χ2v) is 5.75. The van der Waals surface area contributed by atoms with E-state index in [-0.39, 0.29) is 6.04 Å². The van der Waals surface area contributed by atoms with Crippen LogP contribution >= 0.6 is 23.4 Å². The van der Waals surface area contributed by atoms with Crippen molar-refractivity contribution in [2.75, 3.05) is 12.9 Å². The molecule has 16 heavy (non-hydrogen) atoms. The van der Waals surface area contributed by atoms with Gasteiger partial charge in [0.1, 0.15) is 5.75 Å². The number of hydrogen-bond donors (Lipinski definition) is 1. The standard InChI is InChI=1S/C12H16ClNOS/c1-15-10-5-4-8(13)7-9(10)12(14)11-3-2-6-16-11/h4-5,7,11-12H,2-3,6,14H2,1H3. The van der Waals surface area contributed by atoms with E-state index in [1.807, 2.05) is 30.0 Å². The van der Waals surface area contributed by atoms with Gasteiger partial charge in [0.15, 0.2) is 0 Å². The van der Waals surface area contributed by atoms with E-state index >= 15 is 0 Å². The molecule has 0 saturated carbocycles. The second-order valence-electron chi connectivity index (χ2n) is 3.96. The van der Waals surface area contributed by atoms with Gasteiger partial charge in [-0.3, -0.25) is 0 Å². The first kappa shape index (κ1) is 12.1. The molecule has 2 atom stereocenters. The third kappa shape index (κ3) is 2.47. The average Bonchev–Trinajstić information content (AvgIpc) is 2.81. The summed E-state index contributed by atoms with van der Waals surface area (Å²) in [6, 6.07) is 5.65. The minimum atomic E-state index is 0.0150. The molecule has 1 aromatic rings. The number of rotatable bonds is 3. The fourth-order valence-electron chi connectivity index (χ4n) is 2.05. The third-order valence-corrected chi connectivity index (χ3v) is 4.63. The van der Waals surface area contributed by atoms with E-state index in [1.54, 1.807) is 7.11 Å². The zero-order chi connectivity index (χ0) is 11.5. The average molecular weight is 258 g/mol. The molecular formula is C12H16ClNOS. The van der Waals surface area contributed by atoms with Crippen LogP contribution in [-0.2, 0) is 0 Å². The predicted molar refractivity (Wildman–Crippen MR) is 70.4 cm³/mol. The van der Waals surface area contributed by atoms with Gasteiger partial charge in [-0.1, -0.05) is 11.6 Å². The number of methoxy groups -OCH3 is 1. The van der Waals surface area contributed by atoms with Crippen molar-refractivity contribution in [3.05, 3.63) is 28.8 Å². The molecule has 0 radical (unpaired) electrons. The van der Waals surface area contributed by atoms with E-state index in [1.165, 1.54) is 18.6 Å². The van der Waals surface area contributed by atoms with Gasteiger partial charge < -0.3 is 10.5 Å². The summed E-state index contributed by atoms with van der Waals surface area (Å²) in [6.45, 7) is 0. The quantitative estimate of drug-likeness (QED) is 0.903. The lowest BCUT2D eigenvalue weighted by atomic mass is 10.0. The Kier molecular flexibility index (Phi) is 4.00. The summed E-state index contributed by atoms with van der Waals surface area (Å²) in [4.78, 5) is 0. The normalized spacial score (nSPS) is 22.1. The van der Waals surface area contributed by atoms with Gasteiger partial charge >= 0.3 is 0 Å². The van der Waals surface area contributed by atoms with Gasteiger partial charge in [-0.25, -0.2) is 0 Å². The maximum Gasteiger partial charge on any atom is 0.123 e. The van der Waals surface area contributed by atoms with Gasteiger partial charge in [0.25, 0.3) is 0 Å². The highest BCUT2D eigenvalue weighted by atomic mass is 35.5. The Morgan fingerprint density at radius 1 is 1.56 bits per heavy atom. The number of ether oxygens (including phenoxy) is 1. The summed E-state index contributed by atoms with van der Waals surface area (Å²) in [5.41, 5.74) is 7.31. The van der Waals surface area contributed by atoms with Crippen LogP contribution in [0.25, 0.3) is 0 Å². The molecule has 2 unspecified atom stereocenters. The summed E-state index contributed by atoms with van der Waals surface area (Å²) in [5, 5.41) is 1.21. The molecule has 1 fully saturated rings. The first-order valence-electron chi connectivity index (χ1n) is 5.43. The van der Waals surface area contributed by atoms with Crippen LogP contribution in [0, 0.1) is 0 Å². The Morgan fingerprint density at radius 2 is 2.38 bits per heavy atom. The van der Waals surface area contributed by atoms with Crippen LogP contribution in [0.15, 0.2) is 18.2 Å². The molecule has 1 aromatic carbocycles. The second kappa shape index (κ2) is 5.30. The van der Waals surface area contributed by atoms with E-state index in [0.717, 1.165) is 11.3 Å². The Labute approximate surface area is 105 Å². The lowest BCUT2D eigenvalue weighted by Crippen LogP contribution is -2.22. The summed E-state index contributed by atoms with van der Waals surface area (Å²) in [5.74, 6) is 2.05. The number of benzene rings is 1. The molecule has 2 rings (SSSR count). The van der Waals surface area contributed by atoms with Crippen molar-refractivity contribution in [2.24, 2.45) is 5.73 Å². The Hall–Kier alpha value is -0.380. The number of nitrogens with two attached hydrogens (primary N) is 1. The van der Waals surface area contributed by atoms with Crippen molar-refractivity contribution in [3.63, 3.8) is 0 Å². The maximum atomic E-state index is 6.29. The summed E-state index contributed by atoms with van der Waals surface area (Å²) < 4.78 is 5.33. The van der Waals surface area contributed by atoms with Gasteiger partial charge in [0, 0.05) is 21.9 Å². The number of thioether (sulfide) groups is 1. The van der Waals surface area contributed by atoms with Crippen molar-refractivity contribution >= 4 is 23.4 Å². The van der Waals surface area contributed by atoms with Crippen LogP contribution in [0.1, 0.15) is 24.4 Å². The lowest BCUT2D eigenvalue weighted by Gasteiger charge is -2.21. The molecule has 1 saturated heterocycles. The highest BCUT2D eigenvalue weighted by Crippen LogP contribution is 2.38. The SMILES string of the molecule is COc1ccc(Cl)cc1C(N)C1CCCS1. The van der Waals surface area contributed by atoms with E-state index in [2.05, 4.69) is 0 Å². The molecule has 0 amide bonds. The molecule has 2 N–H and O–H groups in total. The summed E-state index contributed by atoms with van der Waals surface area (Å²) in [6.07, 6.45) is 2.44. The molecule has 0 aromatic heterocycles. The van der Waals surface area contributed by atoms with Gasteiger partial charge in [-0.15, -0.1) is 0 Å². The molecule has 88 valence electrons. The molecule has 4 heteroatoms. The minimum absolute atomic E-state index is 0.0150. The fraction of sp³-hybridized carbons (Fsp3) is 0.500. The third-order valence-electron chi connectivity index (χ3n) is 2.92. The van der Waals surface area contributed by atoms with Crippen LogP contribution in [0.3, 0.4) is 0 Å². The molecule has 1 aliphatic rings. The van der Waals surface area contributed by atoms with Gasteiger partial charge in [0.05, 0.1) is 7.11 Å². The fourth-order valence-corrected chi connectivity index (χ4v) is 3.56. The number of halogens is 1. The molecule has 1 aliphatic heterocycles. The predicted octanol–water partition coefficient (Wildman–Crippen LogP) is 3.24. The zero-order valence-electron chi connectivity index (χ0n) is 9.28. The maximum absolute atomic E-state index is 6.29. The van der Waals surface area contributed by atoms with Crippen molar-refractivity contribution in [1.29, 1.82) is 0 Å². The van der Waals surface area contributed by atoms with Crippen LogP contribution in [0.4, 0.5) is 0 Å². The lowest BCUT2D eigenvalue weighted by molar-refractivity contribution is 0.404. The van der Waals surface area contributed by atoms with Crippen molar-refractivity contribution in [3.8, 4) is 5.75 Å². The van der Waals surface area contributed by atoms with Crippen LogP contribution < -0.4 is 10.5 Å². The smallest absolute Gasteiger partial charge is 0.123 e. The molecule has 1 heterocycles. The van der Waals surface area contributed by atoms with E-state index < -0.39 is 0 Å². The van der Waals surface area contributed by atoms with E-state index in [4.69, 9.17) is 22.1 Å². The molecule has 0 aliphatic carbocycles.